The molecule has 4 heteroatoms. The van der Waals surface area contributed by atoms with E-state index in [4.69, 9.17) is 22.1 Å². The first-order valence-electron chi connectivity index (χ1n) is 4.08. The van der Waals surface area contributed by atoms with E-state index in [0.29, 0.717) is 11.4 Å². The number of nitrogen functional groups attached to an aromatic ring is 1. The second-order valence-corrected chi connectivity index (χ2v) is 3.53. The number of nitrogens with two attached hydrogens (primary N) is 1. The lowest BCUT2D eigenvalue weighted by atomic mass is 10.3. The zero-order valence-corrected chi connectivity index (χ0v) is 7.64. The zero-order chi connectivity index (χ0) is 9.42. The van der Waals surface area contributed by atoms with Gasteiger partial charge in [0.1, 0.15) is 11.6 Å². The average molecular weight is 202 g/mol. The lowest BCUT2D eigenvalue weighted by Crippen LogP contribution is -2.00. The number of rotatable bonds is 2. The van der Waals surface area contributed by atoms with Gasteiger partial charge >= 0.3 is 0 Å². The van der Waals surface area contributed by atoms with E-state index in [1.165, 1.54) is 12.1 Å². The van der Waals surface area contributed by atoms with Crippen LogP contribution in [0.4, 0.5) is 10.1 Å². The maximum absolute atomic E-state index is 13.0. The van der Waals surface area contributed by atoms with Crippen LogP contribution in [0.15, 0.2) is 12.1 Å². The molecule has 1 aromatic rings. The average Bonchev–Trinajstić information content (AvgIpc) is 2.84. The molecule has 0 radical (unpaired) electrons. The SMILES string of the molecule is Nc1cc(Cl)c(F)cc1OC1CC1. The van der Waals surface area contributed by atoms with Crippen molar-refractivity contribution in [2.75, 3.05) is 5.73 Å². The number of hydrogen-bond donors (Lipinski definition) is 1. The number of ether oxygens (including phenoxy) is 1. The van der Waals surface area contributed by atoms with Crippen molar-refractivity contribution in [3.8, 4) is 5.75 Å². The van der Waals surface area contributed by atoms with Gasteiger partial charge in [-0.25, -0.2) is 4.39 Å². The summed E-state index contributed by atoms with van der Waals surface area (Å²) in [4.78, 5) is 0. The molecule has 70 valence electrons. The van der Waals surface area contributed by atoms with E-state index in [9.17, 15) is 4.39 Å². The molecule has 1 aliphatic rings. The Bertz CT molecular complexity index is 339. The first-order chi connectivity index (χ1) is 6.16. The summed E-state index contributed by atoms with van der Waals surface area (Å²) in [6.07, 6.45) is 2.25. The van der Waals surface area contributed by atoms with Crippen LogP contribution in [0.1, 0.15) is 12.8 Å². The highest BCUT2D eigenvalue weighted by molar-refractivity contribution is 6.31. The monoisotopic (exact) mass is 201 g/mol. The molecule has 0 aliphatic heterocycles. The summed E-state index contributed by atoms with van der Waals surface area (Å²) in [5.41, 5.74) is 5.98. The summed E-state index contributed by atoms with van der Waals surface area (Å²) in [5.74, 6) is -0.101. The van der Waals surface area contributed by atoms with Crippen LogP contribution >= 0.6 is 11.6 Å². The van der Waals surface area contributed by atoms with Gasteiger partial charge in [0.25, 0.3) is 0 Å². The van der Waals surface area contributed by atoms with Gasteiger partial charge < -0.3 is 10.5 Å². The molecule has 1 aromatic carbocycles. The van der Waals surface area contributed by atoms with Crippen molar-refractivity contribution < 1.29 is 9.13 Å². The Morgan fingerprint density at radius 3 is 2.77 bits per heavy atom. The molecule has 0 saturated heterocycles. The Morgan fingerprint density at radius 1 is 1.46 bits per heavy atom. The fourth-order valence-corrected chi connectivity index (χ4v) is 1.18. The number of benzene rings is 1. The molecule has 1 fully saturated rings. The van der Waals surface area contributed by atoms with Crippen LogP contribution < -0.4 is 10.5 Å². The van der Waals surface area contributed by atoms with Gasteiger partial charge in [-0.2, -0.15) is 0 Å². The number of hydrogen-bond acceptors (Lipinski definition) is 2. The van der Waals surface area contributed by atoms with Crippen molar-refractivity contribution in [1.82, 2.24) is 0 Å². The van der Waals surface area contributed by atoms with E-state index >= 15 is 0 Å². The van der Waals surface area contributed by atoms with Crippen LogP contribution in [0.2, 0.25) is 5.02 Å². The Labute approximate surface area is 80.4 Å². The molecule has 0 aromatic heterocycles. The number of anilines is 1. The topological polar surface area (TPSA) is 35.2 Å². The smallest absolute Gasteiger partial charge is 0.145 e. The molecular formula is C9H9ClFNO. The van der Waals surface area contributed by atoms with Gasteiger partial charge in [0.2, 0.25) is 0 Å². The normalized spacial score (nSPS) is 15.8. The Morgan fingerprint density at radius 2 is 2.15 bits per heavy atom. The summed E-state index contributed by atoms with van der Waals surface area (Å²) < 4.78 is 18.3. The van der Waals surface area contributed by atoms with Crippen molar-refractivity contribution >= 4 is 17.3 Å². The largest absolute Gasteiger partial charge is 0.488 e. The lowest BCUT2D eigenvalue weighted by molar-refractivity contribution is 0.303. The van der Waals surface area contributed by atoms with Crippen molar-refractivity contribution in [2.45, 2.75) is 18.9 Å². The van der Waals surface area contributed by atoms with E-state index in [2.05, 4.69) is 0 Å². The Kier molecular flexibility index (Phi) is 2.04. The van der Waals surface area contributed by atoms with Crippen molar-refractivity contribution in [1.29, 1.82) is 0 Å². The van der Waals surface area contributed by atoms with E-state index in [1.54, 1.807) is 0 Å². The minimum absolute atomic E-state index is 0.0284. The molecule has 2 rings (SSSR count). The Hall–Kier alpha value is -0.960. The molecule has 0 amide bonds. The highest BCUT2D eigenvalue weighted by atomic mass is 35.5. The van der Waals surface area contributed by atoms with Crippen molar-refractivity contribution in [3.05, 3.63) is 23.0 Å². The third kappa shape index (κ3) is 1.86. The molecule has 0 atom stereocenters. The fourth-order valence-electron chi connectivity index (χ4n) is 1.01. The van der Waals surface area contributed by atoms with Crippen LogP contribution in [0, 0.1) is 5.82 Å². The van der Waals surface area contributed by atoms with E-state index in [1.807, 2.05) is 0 Å². The number of halogens is 2. The van der Waals surface area contributed by atoms with Gasteiger partial charge in [-0.1, -0.05) is 11.6 Å². The second-order valence-electron chi connectivity index (χ2n) is 3.12. The standard InChI is InChI=1S/C9H9ClFNO/c10-6-3-8(12)9(4-7(6)11)13-5-1-2-5/h3-5H,1-2,12H2. The zero-order valence-electron chi connectivity index (χ0n) is 6.89. The summed E-state index contributed by atoms with van der Waals surface area (Å²) in [6, 6.07) is 2.60. The van der Waals surface area contributed by atoms with Crippen LogP contribution in [0.25, 0.3) is 0 Å². The molecule has 2 N–H and O–H groups in total. The fraction of sp³-hybridized carbons (Fsp3) is 0.333. The maximum Gasteiger partial charge on any atom is 0.145 e. The highest BCUT2D eigenvalue weighted by Gasteiger charge is 2.24. The van der Waals surface area contributed by atoms with E-state index in [0.717, 1.165) is 12.8 Å². The maximum atomic E-state index is 13.0. The second kappa shape index (κ2) is 3.07. The quantitative estimate of drug-likeness (QED) is 0.747. The first-order valence-corrected chi connectivity index (χ1v) is 4.46. The van der Waals surface area contributed by atoms with Crippen molar-refractivity contribution in [2.24, 2.45) is 0 Å². The summed E-state index contributed by atoms with van der Waals surface area (Å²) in [7, 11) is 0. The third-order valence-electron chi connectivity index (χ3n) is 1.87. The third-order valence-corrected chi connectivity index (χ3v) is 2.16. The first kappa shape index (κ1) is 8.63. The van der Waals surface area contributed by atoms with Crippen LogP contribution in [0.3, 0.4) is 0 Å². The van der Waals surface area contributed by atoms with Gasteiger partial charge in [0.15, 0.2) is 0 Å². The van der Waals surface area contributed by atoms with Gasteiger partial charge in [-0.05, 0) is 18.9 Å². The molecule has 2 nitrogen and oxygen atoms in total. The molecule has 0 heterocycles. The van der Waals surface area contributed by atoms with Gasteiger partial charge in [-0.3, -0.25) is 0 Å². The van der Waals surface area contributed by atoms with Gasteiger partial charge in [-0.15, -0.1) is 0 Å². The molecule has 0 bridgehead atoms. The molecule has 1 aliphatic carbocycles. The predicted molar refractivity (Wildman–Crippen MR) is 49.5 cm³/mol. The summed E-state index contributed by atoms with van der Waals surface area (Å²) >= 11 is 5.53. The van der Waals surface area contributed by atoms with Crippen LogP contribution in [-0.4, -0.2) is 6.10 Å². The Balaban J connectivity index is 2.27. The molecule has 0 spiro atoms. The summed E-state index contributed by atoms with van der Waals surface area (Å²) in [5, 5.41) is 0.0284. The molecule has 1 saturated carbocycles. The van der Waals surface area contributed by atoms with Crippen molar-refractivity contribution in [3.63, 3.8) is 0 Å². The van der Waals surface area contributed by atoms with E-state index < -0.39 is 5.82 Å². The van der Waals surface area contributed by atoms with E-state index in [-0.39, 0.29) is 11.1 Å². The van der Waals surface area contributed by atoms with Gasteiger partial charge in [0.05, 0.1) is 16.8 Å². The minimum Gasteiger partial charge on any atom is -0.488 e. The molecular weight excluding hydrogens is 193 g/mol. The van der Waals surface area contributed by atoms with Gasteiger partial charge in [0, 0.05) is 6.07 Å². The summed E-state index contributed by atoms with van der Waals surface area (Å²) in [6.45, 7) is 0. The molecule has 13 heavy (non-hydrogen) atoms. The predicted octanol–water partition coefficient (Wildman–Crippen LogP) is 2.60. The van der Waals surface area contributed by atoms with Crippen LogP contribution in [0.5, 0.6) is 5.75 Å². The van der Waals surface area contributed by atoms with Crippen LogP contribution in [-0.2, 0) is 0 Å². The highest BCUT2D eigenvalue weighted by Crippen LogP contribution is 2.33. The lowest BCUT2D eigenvalue weighted by Gasteiger charge is -2.07. The molecule has 0 unspecified atom stereocenters. The minimum atomic E-state index is -0.494.